The molecule has 152 valence electrons. The molecule has 0 saturated heterocycles. The van der Waals surface area contributed by atoms with Crippen molar-refractivity contribution in [1.29, 1.82) is 0 Å². The van der Waals surface area contributed by atoms with Gasteiger partial charge in [-0.2, -0.15) is 18.3 Å². The van der Waals surface area contributed by atoms with Crippen LogP contribution in [-0.4, -0.2) is 56.2 Å². The van der Waals surface area contributed by atoms with E-state index in [4.69, 9.17) is 4.74 Å². The second-order valence-corrected chi connectivity index (χ2v) is 6.26. The Morgan fingerprint density at radius 2 is 2.00 bits per heavy atom. The van der Waals surface area contributed by atoms with Crippen molar-refractivity contribution in [3.63, 3.8) is 0 Å². The van der Waals surface area contributed by atoms with Crippen LogP contribution in [0.4, 0.5) is 13.2 Å². The van der Waals surface area contributed by atoms with Crippen molar-refractivity contribution in [2.24, 2.45) is 0 Å². The number of carbonyl (C=O) groups is 2. The molecular weight excluding hydrogens is 383 g/mol. The highest BCUT2D eigenvalue weighted by Crippen LogP contribution is 2.27. The maximum atomic E-state index is 12.6. The van der Waals surface area contributed by atoms with Crippen LogP contribution in [0.2, 0.25) is 0 Å². The highest BCUT2D eigenvalue weighted by Gasteiger charge is 2.34. The zero-order valence-electron chi connectivity index (χ0n) is 15.2. The van der Waals surface area contributed by atoms with E-state index in [2.05, 4.69) is 20.0 Å². The Labute approximate surface area is 157 Å². The largest absolute Gasteiger partial charge is 0.461 e. The molecule has 0 radical (unpaired) electrons. The molecule has 0 unspecified atom stereocenters. The number of rotatable bonds is 5. The van der Waals surface area contributed by atoms with Crippen LogP contribution in [0.5, 0.6) is 0 Å². The number of aryl methyl sites for hydroxylation is 2. The summed E-state index contributed by atoms with van der Waals surface area (Å²) in [5.41, 5.74) is 1.17. The van der Waals surface area contributed by atoms with Crippen LogP contribution < -0.4 is 0 Å². The first-order valence-corrected chi connectivity index (χ1v) is 8.62. The normalized spacial score (nSPS) is 14.1. The SMILES string of the molecule is CCOC(=O)c1nn(CCC(F)(F)F)c2c1CN(C(=O)c1nonc1C)CC2. The summed E-state index contributed by atoms with van der Waals surface area (Å²) in [6.07, 6.45) is -5.18. The molecule has 0 aromatic carbocycles. The number of esters is 1. The highest BCUT2D eigenvalue weighted by molar-refractivity contribution is 5.94. The second kappa shape index (κ2) is 7.60. The number of halogens is 3. The predicted octanol–water partition coefficient (Wildman–Crippen LogP) is 1.90. The fourth-order valence-corrected chi connectivity index (χ4v) is 3.02. The van der Waals surface area contributed by atoms with E-state index in [-0.39, 0.29) is 37.5 Å². The molecule has 1 aliphatic rings. The van der Waals surface area contributed by atoms with Gasteiger partial charge in [0, 0.05) is 30.8 Å². The van der Waals surface area contributed by atoms with Crippen molar-refractivity contribution < 1.29 is 32.1 Å². The Balaban J connectivity index is 1.90. The summed E-state index contributed by atoms with van der Waals surface area (Å²) in [7, 11) is 0. The van der Waals surface area contributed by atoms with Gasteiger partial charge in [0.15, 0.2) is 11.4 Å². The number of aromatic nitrogens is 4. The molecular formula is C16H18F3N5O4. The minimum atomic E-state index is -4.35. The smallest absolute Gasteiger partial charge is 0.390 e. The number of alkyl halides is 3. The zero-order chi connectivity index (χ0) is 20.5. The number of fused-ring (bicyclic) bond motifs is 1. The number of hydrogen-bond acceptors (Lipinski definition) is 7. The number of hydrogen-bond donors (Lipinski definition) is 0. The Kier molecular flexibility index (Phi) is 5.38. The first kappa shape index (κ1) is 19.8. The lowest BCUT2D eigenvalue weighted by Gasteiger charge is -2.27. The van der Waals surface area contributed by atoms with E-state index in [1.807, 2.05) is 0 Å². The van der Waals surface area contributed by atoms with E-state index >= 15 is 0 Å². The van der Waals surface area contributed by atoms with Gasteiger partial charge in [0.25, 0.3) is 5.91 Å². The third kappa shape index (κ3) is 3.99. The lowest BCUT2D eigenvalue weighted by atomic mass is 10.0. The standard InChI is InChI=1S/C16H18F3N5O4/c1-3-27-15(26)13-10-8-23(14(25)12-9(2)21-28-22-12)6-4-11(10)24(20-13)7-5-16(17,18)19/h3-8H2,1-2H3. The van der Waals surface area contributed by atoms with E-state index < -0.39 is 31.0 Å². The topological polar surface area (TPSA) is 103 Å². The molecule has 3 heterocycles. The van der Waals surface area contributed by atoms with Gasteiger partial charge in [-0.15, -0.1) is 0 Å². The van der Waals surface area contributed by atoms with Gasteiger partial charge in [-0.3, -0.25) is 9.48 Å². The minimum Gasteiger partial charge on any atom is -0.461 e. The van der Waals surface area contributed by atoms with E-state index in [9.17, 15) is 22.8 Å². The summed E-state index contributed by atoms with van der Waals surface area (Å²) in [6, 6.07) is 0. The van der Waals surface area contributed by atoms with Gasteiger partial charge in [0.1, 0.15) is 5.69 Å². The predicted molar refractivity (Wildman–Crippen MR) is 86.3 cm³/mol. The molecule has 0 atom stereocenters. The molecule has 9 nitrogen and oxygen atoms in total. The van der Waals surface area contributed by atoms with Gasteiger partial charge < -0.3 is 9.64 Å². The molecule has 2 aromatic rings. The van der Waals surface area contributed by atoms with Gasteiger partial charge in [-0.05, 0) is 19.0 Å². The Morgan fingerprint density at radius 3 is 2.61 bits per heavy atom. The lowest BCUT2D eigenvalue weighted by Crippen LogP contribution is -2.37. The van der Waals surface area contributed by atoms with Crippen molar-refractivity contribution in [2.75, 3.05) is 13.2 Å². The maximum absolute atomic E-state index is 12.6. The summed E-state index contributed by atoms with van der Waals surface area (Å²) in [6.45, 7) is 3.10. The van der Waals surface area contributed by atoms with Crippen LogP contribution in [-0.2, 0) is 24.2 Å². The summed E-state index contributed by atoms with van der Waals surface area (Å²) < 4.78 is 48.5. The quantitative estimate of drug-likeness (QED) is 0.705. The molecule has 0 bridgehead atoms. The first-order valence-electron chi connectivity index (χ1n) is 8.62. The highest BCUT2D eigenvalue weighted by atomic mass is 19.4. The average Bonchev–Trinajstić information content (AvgIpc) is 3.22. The van der Waals surface area contributed by atoms with Crippen molar-refractivity contribution in [2.45, 2.75) is 46.0 Å². The van der Waals surface area contributed by atoms with Gasteiger partial charge in [0.05, 0.1) is 19.6 Å². The summed E-state index contributed by atoms with van der Waals surface area (Å²) in [4.78, 5) is 26.3. The molecule has 3 rings (SSSR count). The Bertz CT molecular complexity index is 889. The number of ether oxygens (including phenoxy) is 1. The van der Waals surface area contributed by atoms with Crippen molar-refractivity contribution in [3.05, 3.63) is 28.3 Å². The fourth-order valence-electron chi connectivity index (χ4n) is 3.02. The van der Waals surface area contributed by atoms with Crippen LogP contribution in [0.3, 0.4) is 0 Å². The van der Waals surface area contributed by atoms with Crippen LogP contribution in [0.1, 0.15) is 51.3 Å². The molecule has 12 heteroatoms. The summed E-state index contributed by atoms with van der Waals surface area (Å²) >= 11 is 0. The molecule has 0 saturated carbocycles. The van der Waals surface area contributed by atoms with Crippen molar-refractivity contribution in [1.82, 2.24) is 25.0 Å². The average molecular weight is 401 g/mol. The van der Waals surface area contributed by atoms with Gasteiger partial charge >= 0.3 is 12.1 Å². The molecule has 0 N–H and O–H groups in total. The molecule has 0 fully saturated rings. The summed E-state index contributed by atoms with van der Waals surface area (Å²) in [5.74, 6) is -1.18. The Hall–Kier alpha value is -2.92. The molecule has 1 amide bonds. The van der Waals surface area contributed by atoms with Crippen LogP contribution in [0.15, 0.2) is 4.63 Å². The number of nitrogens with zero attached hydrogens (tertiary/aromatic N) is 5. The maximum Gasteiger partial charge on any atom is 0.390 e. The lowest BCUT2D eigenvalue weighted by molar-refractivity contribution is -0.137. The van der Waals surface area contributed by atoms with Gasteiger partial charge in [-0.1, -0.05) is 5.16 Å². The van der Waals surface area contributed by atoms with Gasteiger partial charge in [-0.25, -0.2) is 9.42 Å². The fraction of sp³-hybridized carbons (Fsp3) is 0.562. The van der Waals surface area contributed by atoms with E-state index in [0.717, 1.165) is 0 Å². The molecule has 0 aliphatic carbocycles. The first-order chi connectivity index (χ1) is 13.2. The van der Waals surface area contributed by atoms with Crippen molar-refractivity contribution >= 4 is 11.9 Å². The monoisotopic (exact) mass is 401 g/mol. The second-order valence-electron chi connectivity index (χ2n) is 6.26. The third-order valence-electron chi connectivity index (χ3n) is 4.35. The third-order valence-corrected chi connectivity index (χ3v) is 4.35. The zero-order valence-corrected chi connectivity index (χ0v) is 15.2. The van der Waals surface area contributed by atoms with E-state index in [1.165, 1.54) is 9.58 Å². The summed E-state index contributed by atoms with van der Waals surface area (Å²) in [5, 5.41) is 11.2. The van der Waals surface area contributed by atoms with Crippen LogP contribution in [0, 0.1) is 6.92 Å². The van der Waals surface area contributed by atoms with Crippen LogP contribution >= 0.6 is 0 Å². The molecule has 1 aliphatic heterocycles. The molecule has 28 heavy (non-hydrogen) atoms. The van der Waals surface area contributed by atoms with Gasteiger partial charge in [0.2, 0.25) is 0 Å². The molecule has 0 spiro atoms. The number of amides is 1. The molecule has 2 aromatic heterocycles. The van der Waals surface area contributed by atoms with E-state index in [0.29, 0.717) is 17.0 Å². The number of carbonyl (C=O) groups excluding carboxylic acids is 2. The Morgan fingerprint density at radius 1 is 1.25 bits per heavy atom. The van der Waals surface area contributed by atoms with Crippen molar-refractivity contribution in [3.8, 4) is 0 Å². The van der Waals surface area contributed by atoms with E-state index in [1.54, 1.807) is 13.8 Å². The van der Waals surface area contributed by atoms with Crippen LogP contribution in [0.25, 0.3) is 0 Å². The minimum absolute atomic E-state index is 0.000627.